The van der Waals surface area contributed by atoms with Crippen LogP contribution in [0.5, 0.6) is 11.5 Å². The number of alkyl halides is 3. The fourth-order valence-electron chi connectivity index (χ4n) is 3.81. The smallest absolute Gasteiger partial charge is 0.416 e. The molecule has 3 aromatic rings. The van der Waals surface area contributed by atoms with Crippen LogP contribution in [0, 0.1) is 0 Å². The van der Waals surface area contributed by atoms with Crippen molar-refractivity contribution >= 4 is 23.2 Å². The van der Waals surface area contributed by atoms with Crippen LogP contribution in [0.3, 0.4) is 0 Å². The lowest BCUT2D eigenvalue weighted by molar-refractivity contribution is -0.137. The van der Waals surface area contributed by atoms with Crippen molar-refractivity contribution in [1.82, 2.24) is 5.32 Å². The summed E-state index contributed by atoms with van der Waals surface area (Å²) in [5.41, 5.74) is 1.86. The molecule has 0 radical (unpaired) electrons. The van der Waals surface area contributed by atoms with Crippen LogP contribution in [-0.2, 0) is 28.7 Å². The lowest BCUT2D eigenvalue weighted by Gasteiger charge is -2.25. The number of benzene rings is 3. The van der Waals surface area contributed by atoms with Crippen molar-refractivity contribution in [3.8, 4) is 11.5 Å². The Morgan fingerprint density at radius 3 is 2.64 bits per heavy atom. The Morgan fingerprint density at radius 2 is 1.86 bits per heavy atom. The molecule has 0 fully saturated rings. The molecule has 7 nitrogen and oxygen atoms in total. The zero-order valence-corrected chi connectivity index (χ0v) is 19.3. The second-order valence-electron chi connectivity index (χ2n) is 8.18. The topological polar surface area (TPSA) is 88.7 Å². The number of anilines is 2. The van der Waals surface area contributed by atoms with Crippen LogP contribution in [0.2, 0.25) is 0 Å². The minimum absolute atomic E-state index is 0.0150. The molecular formula is C26H24F3N3O4. The van der Waals surface area contributed by atoms with Crippen LogP contribution in [0.25, 0.3) is 0 Å². The molecule has 10 heteroatoms. The summed E-state index contributed by atoms with van der Waals surface area (Å²) in [5, 5.41) is 8.52. The Bertz CT molecular complexity index is 1260. The summed E-state index contributed by atoms with van der Waals surface area (Å²) in [4.78, 5) is 24.6. The minimum atomic E-state index is -4.51. The highest BCUT2D eigenvalue weighted by Gasteiger charge is 2.30. The Kier molecular flexibility index (Phi) is 7.44. The van der Waals surface area contributed by atoms with Gasteiger partial charge in [-0.2, -0.15) is 13.2 Å². The normalized spacial score (nSPS) is 15.0. The van der Waals surface area contributed by atoms with Gasteiger partial charge in [-0.05, 0) is 53.9 Å². The standard InChI is InChI=1S/C26H24F3N3O4/c1-35-23-11-16(14-30-21-12-17-5-2-3-8-20(17)32-25(21)34)9-10-22(23)36-15-24(33)31-19-7-4-6-18(13-19)26(27,28)29/h2-11,13,21,30H,12,14-15H2,1H3,(H,31,33)(H,32,34). The van der Waals surface area contributed by atoms with E-state index in [9.17, 15) is 22.8 Å². The van der Waals surface area contributed by atoms with Crippen molar-refractivity contribution in [2.75, 3.05) is 24.4 Å². The van der Waals surface area contributed by atoms with E-state index in [1.807, 2.05) is 24.3 Å². The van der Waals surface area contributed by atoms with Gasteiger partial charge < -0.3 is 25.4 Å². The molecule has 1 aliphatic rings. The highest BCUT2D eigenvalue weighted by molar-refractivity contribution is 5.98. The van der Waals surface area contributed by atoms with E-state index in [1.54, 1.807) is 18.2 Å². The summed E-state index contributed by atoms with van der Waals surface area (Å²) in [6.45, 7) is -0.0290. The van der Waals surface area contributed by atoms with Crippen molar-refractivity contribution in [3.63, 3.8) is 0 Å². The van der Waals surface area contributed by atoms with Gasteiger partial charge in [0.05, 0.1) is 18.7 Å². The first-order valence-corrected chi connectivity index (χ1v) is 11.1. The molecule has 1 unspecified atom stereocenters. The van der Waals surface area contributed by atoms with Crippen LogP contribution in [-0.4, -0.2) is 31.6 Å². The first-order valence-electron chi connectivity index (χ1n) is 11.1. The number of hydrogen-bond acceptors (Lipinski definition) is 5. The molecule has 1 heterocycles. The van der Waals surface area contributed by atoms with E-state index < -0.39 is 24.3 Å². The van der Waals surface area contributed by atoms with Gasteiger partial charge in [-0.3, -0.25) is 9.59 Å². The van der Waals surface area contributed by atoms with Gasteiger partial charge in [-0.25, -0.2) is 0 Å². The number of amides is 2. The summed E-state index contributed by atoms with van der Waals surface area (Å²) < 4.78 is 49.4. The molecule has 0 bridgehead atoms. The first kappa shape index (κ1) is 25.1. The van der Waals surface area contributed by atoms with Crippen molar-refractivity contribution in [1.29, 1.82) is 0 Å². The Hall–Kier alpha value is -4.05. The second kappa shape index (κ2) is 10.7. The maximum atomic E-state index is 12.9. The summed E-state index contributed by atoms with van der Waals surface area (Å²) >= 11 is 0. The molecule has 3 N–H and O–H groups in total. The van der Waals surface area contributed by atoms with Crippen molar-refractivity contribution in [3.05, 3.63) is 83.4 Å². The molecule has 3 aromatic carbocycles. The Morgan fingerprint density at radius 1 is 1.06 bits per heavy atom. The molecular weight excluding hydrogens is 475 g/mol. The number of carbonyl (C=O) groups excluding carboxylic acids is 2. The number of ether oxygens (including phenoxy) is 2. The summed E-state index contributed by atoms with van der Waals surface area (Å²) in [5.74, 6) is -0.0532. The number of nitrogens with one attached hydrogen (secondary N) is 3. The number of fused-ring (bicyclic) bond motifs is 1. The molecule has 0 aromatic heterocycles. The number of carbonyl (C=O) groups is 2. The van der Waals surface area contributed by atoms with Gasteiger partial charge in [0, 0.05) is 17.9 Å². The van der Waals surface area contributed by atoms with Crippen LogP contribution < -0.4 is 25.4 Å². The highest BCUT2D eigenvalue weighted by atomic mass is 19.4. The van der Waals surface area contributed by atoms with Gasteiger partial charge in [0.2, 0.25) is 5.91 Å². The van der Waals surface area contributed by atoms with Crippen LogP contribution >= 0.6 is 0 Å². The lowest BCUT2D eigenvalue weighted by Crippen LogP contribution is -2.44. The molecule has 2 amide bonds. The fourth-order valence-corrected chi connectivity index (χ4v) is 3.81. The van der Waals surface area contributed by atoms with E-state index in [-0.39, 0.29) is 17.6 Å². The van der Waals surface area contributed by atoms with E-state index in [2.05, 4.69) is 16.0 Å². The molecule has 188 valence electrons. The Labute approximate surface area is 205 Å². The predicted octanol–water partition coefficient (Wildman–Crippen LogP) is 4.38. The molecule has 1 aliphatic heterocycles. The van der Waals surface area contributed by atoms with Gasteiger partial charge in [0.1, 0.15) is 0 Å². The van der Waals surface area contributed by atoms with Crippen LogP contribution in [0.15, 0.2) is 66.7 Å². The van der Waals surface area contributed by atoms with E-state index in [4.69, 9.17) is 9.47 Å². The summed E-state index contributed by atoms with van der Waals surface area (Å²) in [7, 11) is 1.45. The number of para-hydroxylation sites is 1. The highest BCUT2D eigenvalue weighted by Crippen LogP contribution is 2.31. The van der Waals surface area contributed by atoms with Crippen LogP contribution in [0.4, 0.5) is 24.5 Å². The minimum Gasteiger partial charge on any atom is -0.493 e. The molecule has 0 saturated heterocycles. The predicted molar refractivity (Wildman–Crippen MR) is 128 cm³/mol. The maximum Gasteiger partial charge on any atom is 0.416 e. The number of hydrogen-bond donors (Lipinski definition) is 3. The van der Waals surface area contributed by atoms with Crippen molar-refractivity contribution < 1.29 is 32.2 Å². The average Bonchev–Trinajstić information content (AvgIpc) is 2.86. The second-order valence-corrected chi connectivity index (χ2v) is 8.18. The van der Waals surface area contributed by atoms with E-state index in [0.29, 0.717) is 24.5 Å². The number of methoxy groups -OCH3 is 1. The van der Waals surface area contributed by atoms with Gasteiger partial charge in [0.15, 0.2) is 18.1 Å². The Balaban J connectivity index is 1.33. The van der Waals surface area contributed by atoms with E-state index in [0.717, 1.165) is 28.9 Å². The third-order valence-electron chi connectivity index (χ3n) is 5.63. The largest absolute Gasteiger partial charge is 0.493 e. The SMILES string of the molecule is COc1cc(CNC2Cc3ccccc3NC2=O)ccc1OCC(=O)Nc1cccc(C(F)(F)F)c1. The van der Waals surface area contributed by atoms with Gasteiger partial charge >= 0.3 is 6.18 Å². The zero-order chi connectivity index (χ0) is 25.7. The average molecular weight is 499 g/mol. The van der Waals surface area contributed by atoms with Crippen molar-refractivity contribution in [2.45, 2.75) is 25.2 Å². The third kappa shape index (κ3) is 6.14. The number of halogens is 3. The van der Waals surface area contributed by atoms with Gasteiger partial charge in [-0.1, -0.05) is 30.3 Å². The van der Waals surface area contributed by atoms with E-state index in [1.165, 1.54) is 19.2 Å². The monoisotopic (exact) mass is 499 g/mol. The molecule has 1 atom stereocenters. The van der Waals surface area contributed by atoms with Gasteiger partial charge in [-0.15, -0.1) is 0 Å². The summed E-state index contributed by atoms with van der Waals surface area (Å²) in [6, 6.07) is 16.7. The number of rotatable bonds is 8. The van der Waals surface area contributed by atoms with E-state index >= 15 is 0 Å². The quantitative estimate of drug-likeness (QED) is 0.428. The van der Waals surface area contributed by atoms with Crippen molar-refractivity contribution in [2.24, 2.45) is 0 Å². The zero-order valence-electron chi connectivity index (χ0n) is 19.3. The summed E-state index contributed by atoms with van der Waals surface area (Å²) in [6.07, 6.45) is -3.94. The molecule has 0 aliphatic carbocycles. The third-order valence-corrected chi connectivity index (χ3v) is 5.63. The fraction of sp³-hybridized carbons (Fsp3) is 0.231. The molecule has 36 heavy (non-hydrogen) atoms. The lowest BCUT2D eigenvalue weighted by atomic mass is 9.99. The first-order chi connectivity index (χ1) is 17.2. The van der Waals surface area contributed by atoms with Gasteiger partial charge in [0.25, 0.3) is 5.91 Å². The molecule has 0 spiro atoms. The molecule has 4 rings (SSSR count). The van der Waals surface area contributed by atoms with Crippen LogP contribution in [0.1, 0.15) is 16.7 Å². The maximum absolute atomic E-state index is 12.9. The molecule has 0 saturated carbocycles.